The molecule has 0 aliphatic rings. The maximum atomic E-state index is 6.09. The third-order valence-corrected chi connectivity index (χ3v) is 3.93. The molecule has 1 unspecified atom stereocenters. The van der Waals surface area contributed by atoms with Gasteiger partial charge in [0.2, 0.25) is 0 Å². The fraction of sp³-hybridized carbons (Fsp3) is 0.600. The van der Waals surface area contributed by atoms with Crippen molar-refractivity contribution in [1.82, 2.24) is 4.90 Å². The number of hydrogen-bond acceptors (Lipinski definition) is 3. The van der Waals surface area contributed by atoms with Gasteiger partial charge in [-0.25, -0.2) is 0 Å². The van der Waals surface area contributed by atoms with Gasteiger partial charge in [-0.1, -0.05) is 12.1 Å². The predicted molar refractivity (Wildman–Crippen MR) is 82.2 cm³/mol. The molecule has 0 amide bonds. The monoisotopic (exact) mass is 266 g/mol. The molecule has 0 fully saturated rings. The van der Waals surface area contributed by atoms with Crippen LogP contribution in [0.2, 0.25) is 0 Å². The molecule has 1 aromatic carbocycles. The van der Waals surface area contributed by atoms with E-state index < -0.39 is 0 Å². The van der Waals surface area contributed by atoms with Crippen LogP contribution >= 0.6 is 11.8 Å². The van der Waals surface area contributed by atoms with Crippen molar-refractivity contribution in [1.29, 1.82) is 0 Å². The second kappa shape index (κ2) is 6.60. The second-order valence-corrected chi connectivity index (χ2v) is 6.66. The van der Waals surface area contributed by atoms with Gasteiger partial charge in [-0.3, -0.25) is 0 Å². The van der Waals surface area contributed by atoms with Crippen molar-refractivity contribution in [3.63, 3.8) is 0 Å². The SMILES string of the molecule is CSc1ccc(C(CCC(C)(C)N)N(C)C)cc1. The lowest BCUT2D eigenvalue weighted by Crippen LogP contribution is -2.33. The second-order valence-electron chi connectivity index (χ2n) is 5.78. The van der Waals surface area contributed by atoms with Crippen LogP contribution in [0.3, 0.4) is 0 Å². The van der Waals surface area contributed by atoms with Crippen molar-refractivity contribution in [2.24, 2.45) is 5.73 Å². The van der Waals surface area contributed by atoms with Crippen molar-refractivity contribution in [3.05, 3.63) is 29.8 Å². The Kier molecular flexibility index (Phi) is 5.70. The van der Waals surface area contributed by atoms with Gasteiger partial charge in [-0.05, 0) is 64.7 Å². The summed E-state index contributed by atoms with van der Waals surface area (Å²) < 4.78 is 0. The molecule has 0 bridgehead atoms. The maximum absolute atomic E-state index is 6.09. The molecule has 2 N–H and O–H groups in total. The minimum absolute atomic E-state index is 0.0898. The summed E-state index contributed by atoms with van der Waals surface area (Å²) in [7, 11) is 4.27. The highest BCUT2D eigenvalue weighted by Crippen LogP contribution is 2.27. The highest BCUT2D eigenvalue weighted by atomic mass is 32.2. The molecule has 18 heavy (non-hydrogen) atoms. The van der Waals surface area contributed by atoms with E-state index in [-0.39, 0.29) is 5.54 Å². The van der Waals surface area contributed by atoms with E-state index in [4.69, 9.17) is 5.73 Å². The van der Waals surface area contributed by atoms with Gasteiger partial charge in [0, 0.05) is 16.5 Å². The summed E-state index contributed by atoms with van der Waals surface area (Å²) in [6.07, 6.45) is 4.23. The molecule has 0 aromatic heterocycles. The Labute approximate surface area is 116 Å². The molecule has 0 heterocycles. The first kappa shape index (κ1) is 15.5. The van der Waals surface area contributed by atoms with Crippen LogP contribution in [-0.4, -0.2) is 30.8 Å². The van der Waals surface area contributed by atoms with Gasteiger partial charge in [-0.2, -0.15) is 0 Å². The molecule has 0 saturated carbocycles. The molecule has 102 valence electrons. The quantitative estimate of drug-likeness (QED) is 0.799. The predicted octanol–water partition coefficient (Wildman–Crippen LogP) is 3.53. The summed E-state index contributed by atoms with van der Waals surface area (Å²) in [6.45, 7) is 4.19. The van der Waals surface area contributed by atoms with Crippen molar-refractivity contribution in [3.8, 4) is 0 Å². The van der Waals surface area contributed by atoms with Crippen molar-refractivity contribution in [2.75, 3.05) is 20.4 Å². The largest absolute Gasteiger partial charge is 0.326 e. The number of thioether (sulfide) groups is 1. The number of nitrogens with zero attached hydrogens (tertiary/aromatic N) is 1. The van der Waals surface area contributed by atoms with Crippen LogP contribution in [0.25, 0.3) is 0 Å². The lowest BCUT2D eigenvalue weighted by atomic mass is 9.93. The van der Waals surface area contributed by atoms with Crippen LogP contribution in [0, 0.1) is 0 Å². The minimum Gasteiger partial charge on any atom is -0.326 e. The zero-order valence-electron chi connectivity index (χ0n) is 12.2. The Hall–Kier alpha value is -0.510. The molecule has 0 saturated heterocycles. The van der Waals surface area contributed by atoms with E-state index in [9.17, 15) is 0 Å². The Bertz CT molecular complexity index is 352. The molecule has 0 aliphatic carbocycles. The lowest BCUT2D eigenvalue weighted by molar-refractivity contribution is 0.261. The molecule has 1 rings (SSSR count). The van der Waals surface area contributed by atoms with Crippen LogP contribution in [0.1, 0.15) is 38.3 Å². The Morgan fingerprint density at radius 3 is 2.17 bits per heavy atom. The van der Waals surface area contributed by atoms with Gasteiger partial charge in [0.1, 0.15) is 0 Å². The zero-order valence-corrected chi connectivity index (χ0v) is 13.1. The van der Waals surface area contributed by atoms with E-state index in [2.05, 4.69) is 63.4 Å². The minimum atomic E-state index is -0.0898. The van der Waals surface area contributed by atoms with Gasteiger partial charge in [0.05, 0.1) is 0 Å². The summed E-state index contributed by atoms with van der Waals surface area (Å²) in [5.74, 6) is 0. The van der Waals surface area contributed by atoms with E-state index in [0.717, 1.165) is 12.8 Å². The molecule has 2 nitrogen and oxygen atoms in total. The summed E-state index contributed by atoms with van der Waals surface area (Å²) in [5.41, 5.74) is 7.37. The van der Waals surface area contributed by atoms with E-state index in [1.54, 1.807) is 11.8 Å². The van der Waals surface area contributed by atoms with Gasteiger partial charge < -0.3 is 10.6 Å². The first-order chi connectivity index (χ1) is 8.33. The van der Waals surface area contributed by atoms with Crippen LogP contribution in [-0.2, 0) is 0 Å². The summed E-state index contributed by atoms with van der Waals surface area (Å²) in [5, 5.41) is 0. The van der Waals surface area contributed by atoms with Gasteiger partial charge in [0.25, 0.3) is 0 Å². The van der Waals surface area contributed by atoms with Gasteiger partial charge >= 0.3 is 0 Å². The first-order valence-electron chi connectivity index (χ1n) is 6.43. The molecule has 0 spiro atoms. The third-order valence-electron chi connectivity index (χ3n) is 3.19. The van der Waals surface area contributed by atoms with Crippen molar-refractivity contribution in [2.45, 2.75) is 43.2 Å². The Morgan fingerprint density at radius 2 is 1.78 bits per heavy atom. The Morgan fingerprint density at radius 1 is 1.22 bits per heavy atom. The number of nitrogens with two attached hydrogens (primary N) is 1. The van der Waals surface area contributed by atoms with Gasteiger partial charge in [-0.15, -0.1) is 11.8 Å². The molecular formula is C15H26N2S. The van der Waals surface area contributed by atoms with Crippen LogP contribution in [0.15, 0.2) is 29.2 Å². The normalized spacial score (nSPS) is 13.9. The fourth-order valence-electron chi connectivity index (χ4n) is 2.06. The number of hydrogen-bond donors (Lipinski definition) is 1. The standard InChI is InChI=1S/C15H26N2S/c1-15(2,16)11-10-14(17(3)4)12-6-8-13(18-5)9-7-12/h6-9,14H,10-11,16H2,1-5H3. The molecule has 0 radical (unpaired) electrons. The average molecular weight is 266 g/mol. The van der Waals surface area contributed by atoms with Crippen LogP contribution in [0.5, 0.6) is 0 Å². The average Bonchev–Trinajstić information content (AvgIpc) is 2.28. The van der Waals surface area contributed by atoms with E-state index >= 15 is 0 Å². The van der Waals surface area contributed by atoms with Crippen molar-refractivity contribution < 1.29 is 0 Å². The van der Waals surface area contributed by atoms with E-state index in [1.807, 2.05) is 0 Å². The first-order valence-corrected chi connectivity index (χ1v) is 7.65. The molecule has 0 aliphatic heterocycles. The summed E-state index contributed by atoms with van der Waals surface area (Å²) in [4.78, 5) is 3.59. The highest BCUT2D eigenvalue weighted by molar-refractivity contribution is 7.98. The number of rotatable bonds is 6. The van der Waals surface area contributed by atoms with Crippen LogP contribution < -0.4 is 5.73 Å². The van der Waals surface area contributed by atoms with E-state index in [0.29, 0.717) is 6.04 Å². The smallest absolute Gasteiger partial charge is 0.0342 e. The molecule has 1 atom stereocenters. The lowest BCUT2D eigenvalue weighted by Gasteiger charge is -2.28. The summed E-state index contributed by atoms with van der Waals surface area (Å²) >= 11 is 1.78. The Balaban J connectivity index is 2.77. The number of benzene rings is 1. The zero-order chi connectivity index (χ0) is 13.8. The molecular weight excluding hydrogens is 240 g/mol. The topological polar surface area (TPSA) is 29.3 Å². The molecule has 1 aromatic rings. The van der Waals surface area contributed by atoms with Crippen molar-refractivity contribution >= 4 is 11.8 Å². The van der Waals surface area contributed by atoms with E-state index in [1.165, 1.54) is 10.5 Å². The third kappa shape index (κ3) is 5.01. The highest BCUT2D eigenvalue weighted by Gasteiger charge is 2.18. The van der Waals surface area contributed by atoms with Crippen LogP contribution in [0.4, 0.5) is 0 Å². The summed E-state index contributed by atoms with van der Waals surface area (Å²) in [6, 6.07) is 9.32. The maximum Gasteiger partial charge on any atom is 0.0342 e. The fourth-order valence-corrected chi connectivity index (χ4v) is 2.47. The molecule has 3 heteroatoms. The van der Waals surface area contributed by atoms with Gasteiger partial charge in [0.15, 0.2) is 0 Å².